The molecule has 1 saturated carbocycles. The average molecular weight is 153 g/mol. The highest BCUT2D eigenvalue weighted by atomic mass is 16.2. The standard InChI is InChI=1S/C9H15NO/c1-6-7-4-2-3-5-8(7)10-9(6)11/h6-8H,2-5H2,1H3,(H,10,11)/t6?,7?,8-/m1/s1. The molecule has 0 radical (unpaired) electrons. The maximum atomic E-state index is 11.2. The summed E-state index contributed by atoms with van der Waals surface area (Å²) in [4.78, 5) is 11.2. The number of nitrogens with one attached hydrogen (secondary N) is 1. The smallest absolute Gasteiger partial charge is 0.223 e. The molecule has 0 bridgehead atoms. The Bertz CT molecular complexity index is 178. The first-order chi connectivity index (χ1) is 5.29. The molecule has 11 heavy (non-hydrogen) atoms. The van der Waals surface area contributed by atoms with Crippen LogP contribution in [0.25, 0.3) is 0 Å². The van der Waals surface area contributed by atoms with E-state index in [9.17, 15) is 4.79 Å². The highest BCUT2D eigenvalue weighted by Gasteiger charge is 2.39. The van der Waals surface area contributed by atoms with Gasteiger partial charge in [0.2, 0.25) is 5.91 Å². The summed E-state index contributed by atoms with van der Waals surface area (Å²) in [6.07, 6.45) is 5.08. The van der Waals surface area contributed by atoms with Gasteiger partial charge in [-0.1, -0.05) is 19.8 Å². The molecule has 0 aromatic heterocycles. The summed E-state index contributed by atoms with van der Waals surface area (Å²) in [5, 5.41) is 3.07. The summed E-state index contributed by atoms with van der Waals surface area (Å²) in [5.41, 5.74) is 0. The fourth-order valence-corrected chi connectivity index (χ4v) is 2.45. The lowest BCUT2D eigenvalue weighted by atomic mass is 9.81. The van der Waals surface area contributed by atoms with E-state index < -0.39 is 0 Å². The first-order valence-corrected chi connectivity index (χ1v) is 4.59. The van der Waals surface area contributed by atoms with E-state index in [4.69, 9.17) is 0 Å². The zero-order chi connectivity index (χ0) is 7.84. The van der Waals surface area contributed by atoms with Crippen molar-refractivity contribution in [3.63, 3.8) is 0 Å². The number of hydrogen-bond donors (Lipinski definition) is 1. The molecule has 1 N–H and O–H groups in total. The topological polar surface area (TPSA) is 29.1 Å². The van der Waals surface area contributed by atoms with Crippen molar-refractivity contribution in [2.75, 3.05) is 0 Å². The molecule has 62 valence electrons. The first-order valence-electron chi connectivity index (χ1n) is 4.59. The molecular weight excluding hydrogens is 138 g/mol. The van der Waals surface area contributed by atoms with Crippen LogP contribution in [0.4, 0.5) is 0 Å². The highest BCUT2D eigenvalue weighted by Crippen LogP contribution is 2.34. The number of hydrogen-bond acceptors (Lipinski definition) is 1. The molecule has 0 spiro atoms. The second-order valence-electron chi connectivity index (χ2n) is 3.85. The van der Waals surface area contributed by atoms with Gasteiger partial charge in [0, 0.05) is 12.0 Å². The molecular formula is C9H15NO. The average Bonchev–Trinajstić information content (AvgIpc) is 2.30. The molecule has 2 rings (SSSR count). The van der Waals surface area contributed by atoms with Gasteiger partial charge in [-0.3, -0.25) is 4.79 Å². The van der Waals surface area contributed by atoms with Gasteiger partial charge in [0.05, 0.1) is 0 Å². The number of carbonyl (C=O) groups excluding carboxylic acids is 1. The highest BCUT2D eigenvalue weighted by molar-refractivity contribution is 5.81. The predicted molar refractivity (Wildman–Crippen MR) is 43.1 cm³/mol. The van der Waals surface area contributed by atoms with E-state index in [1.807, 2.05) is 0 Å². The van der Waals surface area contributed by atoms with Gasteiger partial charge in [-0.2, -0.15) is 0 Å². The van der Waals surface area contributed by atoms with E-state index in [1.165, 1.54) is 25.7 Å². The Kier molecular flexibility index (Phi) is 1.63. The van der Waals surface area contributed by atoms with Crippen LogP contribution in [0.3, 0.4) is 0 Å². The van der Waals surface area contributed by atoms with Crippen LogP contribution in [-0.4, -0.2) is 11.9 Å². The maximum absolute atomic E-state index is 11.2. The van der Waals surface area contributed by atoms with E-state index in [0.29, 0.717) is 12.0 Å². The van der Waals surface area contributed by atoms with Gasteiger partial charge < -0.3 is 5.32 Å². The van der Waals surface area contributed by atoms with Crippen LogP contribution in [0.15, 0.2) is 0 Å². The lowest BCUT2D eigenvalue weighted by Gasteiger charge is -2.25. The molecule has 1 amide bonds. The largest absolute Gasteiger partial charge is 0.353 e. The molecule has 0 aromatic carbocycles. The van der Waals surface area contributed by atoms with E-state index in [2.05, 4.69) is 12.2 Å². The number of amides is 1. The molecule has 1 aliphatic carbocycles. The van der Waals surface area contributed by atoms with Crippen molar-refractivity contribution < 1.29 is 4.79 Å². The fourth-order valence-electron chi connectivity index (χ4n) is 2.45. The molecule has 3 atom stereocenters. The lowest BCUT2D eigenvalue weighted by Crippen LogP contribution is -2.31. The minimum atomic E-state index is 0.278. The van der Waals surface area contributed by atoms with Crippen molar-refractivity contribution in [2.24, 2.45) is 11.8 Å². The zero-order valence-corrected chi connectivity index (χ0v) is 6.97. The van der Waals surface area contributed by atoms with E-state index in [0.717, 1.165) is 0 Å². The number of rotatable bonds is 0. The van der Waals surface area contributed by atoms with E-state index in [1.54, 1.807) is 0 Å². The molecule has 2 aliphatic rings. The molecule has 2 nitrogen and oxygen atoms in total. The molecule has 1 aliphatic heterocycles. The second-order valence-corrected chi connectivity index (χ2v) is 3.85. The molecule has 0 aromatic rings. The van der Waals surface area contributed by atoms with Gasteiger partial charge in [-0.25, -0.2) is 0 Å². The zero-order valence-electron chi connectivity index (χ0n) is 6.97. The first kappa shape index (κ1) is 7.14. The number of carbonyl (C=O) groups is 1. The van der Waals surface area contributed by atoms with E-state index in [-0.39, 0.29) is 11.8 Å². The Morgan fingerprint density at radius 1 is 1.36 bits per heavy atom. The van der Waals surface area contributed by atoms with Crippen molar-refractivity contribution >= 4 is 5.91 Å². The van der Waals surface area contributed by atoms with Crippen LogP contribution in [0, 0.1) is 11.8 Å². The minimum Gasteiger partial charge on any atom is -0.353 e. The third-order valence-electron chi connectivity index (χ3n) is 3.20. The van der Waals surface area contributed by atoms with Gasteiger partial charge in [0.1, 0.15) is 0 Å². The van der Waals surface area contributed by atoms with Gasteiger partial charge in [-0.15, -0.1) is 0 Å². The third-order valence-corrected chi connectivity index (χ3v) is 3.20. The van der Waals surface area contributed by atoms with Crippen LogP contribution < -0.4 is 5.32 Å². The summed E-state index contributed by atoms with van der Waals surface area (Å²) in [6, 6.07) is 0.520. The minimum absolute atomic E-state index is 0.278. The quantitative estimate of drug-likeness (QED) is 0.558. The van der Waals surface area contributed by atoms with Crippen LogP contribution in [-0.2, 0) is 4.79 Å². The van der Waals surface area contributed by atoms with Gasteiger partial charge in [0.25, 0.3) is 0 Å². The second kappa shape index (κ2) is 2.50. The van der Waals surface area contributed by atoms with Crippen molar-refractivity contribution in [1.29, 1.82) is 0 Å². The summed E-state index contributed by atoms with van der Waals surface area (Å²) in [6.45, 7) is 2.06. The molecule has 2 unspecified atom stereocenters. The van der Waals surface area contributed by atoms with Crippen LogP contribution in [0.1, 0.15) is 32.6 Å². The van der Waals surface area contributed by atoms with Crippen molar-refractivity contribution in [3.8, 4) is 0 Å². The lowest BCUT2D eigenvalue weighted by molar-refractivity contribution is -0.122. The number of fused-ring (bicyclic) bond motifs is 1. The Balaban J connectivity index is 2.11. The van der Waals surface area contributed by atoms with Crippen molar-refractivity contribution in [3.05, 3.63) is 0 Å². The summed E-state index contributed by atoms with van der Waals surface area (Å²) in [5.74, 6) is 1.21. The van der Waals surface area contributed by atoms with Gasteiger partial charge in [-0.05, 0) is 18.8 Å². The van der Waals surface area contributed by atoms with Crippen LogP contribution in [0.5, 0.6) is 0 Å². The normalized spacial score (nSPS) is 43.4. The molecule has 2 fully saturated rings. The Morgan fingerprint density at radius 3 is 2.82 bits per heavy atom. The maximum Gasteiger partial charge on any atom is 0.223 e. The summed E-state index contributed by atoms with van der Waals surface area (Å²) < 4.78 is 0. The summed E-state index contributed by atoms with van der Waals surface area (Å²) >= 11 is 0. The van der Waals surface area contributed by atoms with Crippen LogP contribution in [0.2, 0.25) is 0 Å². The summed E-state index contributed by atoms with van der Waals surface area (Å²) in [7, 11) is 0. The molecule has 2 heteroatoms. The van der Waals surface area contributed by atoms with E-state index >= 15 is 0 Å². The van der Waals surface area contributed by atoms with Crippen molar-refractivity contribution in [2.45, 2.75) is 38.6 Å². The van der Waals surface area contributed by atoms with Gasteiger partial charge in [0.15, 0.2) is 0 Å². The predicted octanol–water partition coefficient (Wildman–Crippen LogP) is 1.31. The van der Waals surface area contributed by atoms with Gasteiger partial charge >= 0.3 is 0 Å². The monoisotopic (exact) mass is 153 g/mol. The Labute approximate surface area is 67.4 Å². The Hall–Kier alpha value is -0.530. The molecule has 1 saturated heterocycles. The van der Waals surface area contributed by atoms with Crippen molar-refractivity contribution in [1.82, 2.24) is 5.32 Å². The SMILES string of the molecule is CC1C(=O)N[C@@H]2CCCCC12. The third kappa shape index (κ3) is 1.05. The molecule has 1 heterocycles. The van der Waals surface area contributed by atoms with Crippen LogP contribution >= 0.6 is 0 Å². The fraction of sp³-hybridized carbons (Fsp3) is 0.889. The Morgan fingerprint density at radius 2 is 2.09 bits per heavy atom.